The van der Waals surface area contributed by atoms with E-state index in [-0.39, 0.29) is 6.03 Å². The number of urea groups is 1. The van der Waals surface area contributed by atoms with Gasteiger partial charge in [-0.2, -0.15) is 0 Å². The topological polar surface area (TPSA) is 70.2 Å². The Balaban J connectivity index is 1.39. The smallest absolute Gasteiger partial charge is 0.319 e. The molecule has 0 radical (unpaired) electrons. The molecule has 0 aliphatic carbocycles. The number of hydrogen-bond donors (Lipinski definition) is 2. The van der Waals surface area contributed by atoms with Gasteiger partial charge in [-0.3, -0.25) is 4.90 Å². The first-order valence-electron chi connectivity index (χ1n) is 8.85. The number of hydrogen-bond acceptors (Lipinski definition) is 4. The summed E-state index contributed by atoms with van der Waals surface area (Å²) in [4.78, 5) is 22.8. The Kier molecular flexibility index (Phi) is 5.95. The fraction of sp³-hybridized carbons (Fsp3) is 0.421. The highest BCUT2D eigenvalue weighted by Crippen LogP contribution is 2.18. The third-order valence-corrected chi connectivity index (χ3v) is 4.45. The summed E-state index contributed by atoms with van der Waals surface area (Å²) < 4.78 is 0. The molecule has 2 heterocycles. The number of aryl methyl sites for hydroxylation is 1. The zero-order valence-electron chi connectivity index (χ0n) is 14.6. The van der Waals surface area contributed by atoms with Gasteiger partial charge in [-0.1, -0.05) is 37.3 Å². The van der Waals surface area contributed by atoms with Crippen molar-refractivity contribution in [3.8, 4) is 0 Å². The van der Waals surface area contributed by atoms with Crippen molar-refractivity contribution in [1.82, 2.24) is 20.2 Å². The number of rotatable bonds is 6. The van der Waals surface area contributed by atoms with E-state index in [1.165, 1.54) is 5.56 Å². The monoisotopic (exact) mass is 339 g/mol. The number of anilines is 1. The van der Waals surface area contributed by atoms with Crippen LogP contribution in [0.1, 0.15) is 24.7 Å². The van der Waals surface area contributed by atoms with Crippen LogP contribution >= 0.6 is 0 Å². The Morgan fingerprint density at radius 2 is 2.00 bits per heavy atom. The van der Waals surface area contributed by atoms with Gasteiger partial charge in [0.25, 0.3) is 0 Å². The maximum absolute atomic E-state index is 12.0. The number of benzene rings is 1. The van der Waals surface area contributed by atoms with Crippen molar-refractivity contribution in [2.45, 2.75) is 26.3 Å². The van der Waals surface area contributed by atoms with Gasteiger partial charge in [0.05, 0.1) is 18.1 Å². The van der Waals surface area contributed by atoms with Gasteiger partial charge in [0.1, 0.15) is 5.82 Å². The van der Waals surface area contributed by atoms with Gasteiger partial charge in [-0.05, 0) is 24.4 Å². The molecule has 2 aromatic rings. The molecule has 1 aromatic carbocycles. The molecule has 6 heteroatoms. The number of carbonyl (C=O) groups is 1. The summed E-state index contributed by atoms with van der Waals surface area (Å²) in [5.41, 5.74) is 1.95. The molecule has 132 valence electrons. The second-order valence-electron chi connectivity index (χ2n) is 6.45. The van der Waals surface area contributed by atoms with E-state index in [4.69, 9.17) is 0 Å². The van der Waals surface area contributed by atoms with E-state index in [0.29, 0.717) is 18.2 Å². The molecule has 1 fully saturated rings. The molecule has 0 saturated carbocycles. The molecule has 0 spiro atoms. The van der Waals surface area contributed by atoms with Gasteiger partial charge in [0.2, 0.25) is 0 Å². The third kappa shape index (κ3) is 5.26. The maximum atomic E-state index is 12.0. The standard InChI is InChI=1S/C19H25N5O/c1-2-18-20-11-17(12-21-18)23-19(25)22-10-16-8-9-24(14-16)13-15-6-4-3-5-7-15/h3-7,11-12,16H,2,8-10,13-14H2,1H3,(H2,22,23,25). The van der Waals surface area contributed by atoms with E-state index in [9.17, 15) is 4.79 Å². The summed E-state index contributed by atoms with van der Waals surface area (Å²) in [6.07, 6.45) is 5.18. The Labute approximate surface area is 148 Å². The van der Waals surface area contributed by atoms with Crippen LogP contribution in [0.5, 0.6) is 0 Å². The molecule has 6 nitrogen and oxygen atoms in total. The Morgan fingerprint density at radius 3 is 2.72 bits per heavy atom. The highest BCUT2D eigenvalue weighted by molar-refractivity contribution is 5.88. The first-order chi connectivity index (χ1) is 12.2. The molecule has 1 saturated heterocycles. The zero-order valence-corrected chi connectivity index (χ0v) is 14.6. The molecular weight excluding hydrogens is 314 g/mol. The molecule has 3 rings (SSSR count). The molecule has 1 atom stereocenters. The summed E-state index contributed by atoms with van der Waals surface area (Å²) in [5.74, 6) is 1.27. The fourth-order valence-corrected chi connectivity index (χ4v) is 3.08. The normalized spacial score (nSPS) is 17.4. The largest absolute Gasteiger partial charge is 0.338 e. The van der Waals surface area contributed by atoms with E-state index in [1.807, 2.05) is 13.0 Å². The number of carbonyl (C=O) groups excluding carboxylic acids is 1. The Hall–Kier alpha value is -2.47. The highest BCUT2D eigenvalue weighted by atomic mass is 16.2. The quantitative estimate of drug-likeness (QED) is 0.849. The van der Waals surface area contributed by atoms with Crippen molar-refractivity contribution in [2.75, 3.05) is 25.0 Å². The minimum Gasteiger partial charge on any atom is -0.338 e. The second-order valence-corrected chi connectivity index (χ2v) is 6.45. The Bertz CT molecular complexity index is 674. The predicted molar refractivity (Wildman–Crippen MR) is 98.3 cm³/mol. The van der Waals surface area contributed by atoms with E-state index in [1.54, 1.807) is 12.4 Å². The van der Waals surface area contributed by atoms with Gasteiger partial charge in [-0.25, -0.2) is 14.8 Å². The number of aromatic nitrogens is 2. The number of likely N-dealkylation sites (tertiary alicyclic amines) is 1. The summed E-state index contributed by atoms with van der Waals surface area (Å²) >= 11 is 0. The van der Waals surface area contributed by atoms with Crippen LogP contribution in [0.25, 0.3) is 0 Å². The first-order valence-corrected chi connectivity index (χ1v) is 8.85. The lowest BCUT2D eigenvalue weighted by Crippen LogP contribution is -2.34. The van der Waals surface area contributed by atoms with Gasteiger partial charge in [-0.15, -0.1) is 0 Å². The van der Waals surface area contributed by atoms with Crippen LogP contribution in [0.3, 0.4) is 0 Å². The van der Waals surface area contributed by atoms with Crippen LogP contribution in [0.4, 0.5) is 10.5 Å². The van der Waals surface area contributed by atoms with Crippen LogP contribution in [-0.4, -0.2) is 40.5 Å². The third-order valence-electron chi connectivity index (χ3n) is 4.45. The van der Waals surface area contributed by atoms with E-state index >= 15 is 0 Å². The average Bonchev–Trinajstić information content (AvgIpc) is 3.09. The van der Waals surface area contributed by atoms with Crippen molar-refractivity contribution in [2.24, 2.45) is 5.92 Å². The lowest BCUT2D eigenvalue weighted by molar-refractivity contribution is 0.249. The highest BCUT2D eigenvalue weighted by Gasteiger charge is 2.22. The lowest BCUT2D eigenvalue weighted by Gasteiger charge is -2.16. The van der Waals surface area contributed by atoms with E-state index in [2.05, 4.69) is 49.8 Å². The first kappa shape index (κ1) is 17.4. The Morgan fingerprint density at radius 1 is 1.24 bits per heavy atom. The number of amides is 2. The molecule has 2 N–H and O–H groups in total. The van der Waals surface area contributed by atoms with Crippen LogP contribution in [-0.2, 0) is 13.0 Å². The summed E-state index contributed by atoms with van der Waals surface area (Å²) in [6.45, 7) is 5.76. The van der Waals surface area contributed by atoms with Gasteiger partial charge in [0, 0.05) is 26.1 Å². The molecule has 25 heavy (non-hydrogen) atoms. The average molecular weight is 339 g/mol. The van der Waals surface area contributed by atoms with Crippen LogP contribution in [0.2, 0.25) is 0 Å². The zero-order chi connectivity index (χ0) is 17.5. The summed E-state index contributed by atoms with van der Waals surface area (Å²) in [5, 5.41) is 5.73. The molecule has 0 bridgehead atoms. The van der Waals surface area contributed by atoms with Crippen LogP contribution < -0.4 is 10.6 Å². The minimum atomic E-state index is -0.200. The van der Waals surface area contributed by atoms with Crippen molar-refractivity contribution in [1.29, 1.82) is 0 Å². The molecule has 1 aromatic heterocycles. The van der Waals surface area contributed by atoms with Crippen molar-refractivity contribution >= 4 is 11.7 Å². The van der Waals surface area contributed by atoms with Crippen LogP contribution in [0.15, 0.2) is 42.7 Å². The fourth-order valence-electron chi connectivity index (χ4n) is 3.08. The molecule has 1 unspecified atom stereocenters. The predicted octanol–water partition coefficient (Wildman–Crippen LogP) is 2.68. The van der Waals surface area contributed by atoms with Gasteiger partial charge < -0.3 is 10.6 Å². The van der Waals surface area contributed by atoms with Crippen molar-refractivity contribution in [3.63, 3.8) is 0 Å². The van der Waals surface area contributed by atoms with Crippen LogP contribution in [0, 0.1) is 5.92 Å². The molecule has 2 amide bonds. The van der Waals surface area contributed by atoms with Gasteiger partial charge >= 0.3 is 6.03 Å². The molecular formula is C19H25N5O. The van der Waals surface area contributed by atoms with Gasteiger partial charge in [0.15, 0.2) is 0 Å². The maximum Gasteiger partial charge on any atom is 0.319 e. The lowest BCUT2D eigenvalue weighted by atomic mass is 10.1. The number of nitrogens with zero attached hydrogens (tertiary/aromatic N) is 3. The molecule has 1 aliphatic heterocycles. The van der Waals surface area contributed by atoms with E-state index in [0.717, 1.165) is 38.3 Å². The SMILES string of the molecule is CCc1ncc(NC(=O)NCC2CCN(Cc3ccccc3)C2)cn1. The van der Waals surface area contributed by atoms with Crippen molar-refractivity contribution in [3.05, 3.63) is 54.1 Å². The van der Waals surface area contributed by atoms with Crippen molar-refractivity contribution < 1.29 is 4.79 Å². The second kappa shape index (κ2) is 8.58. The molecule has 1 aliphatic rings. The summed E-state index contributed by atoms with van der Waals surface area (Å²) in [6, 6.07) is 10.3. The summed E-state index contributed by atoms with van der Waals surface area (Å²) in [7, 11) is 0. The number of nitrogens with one attached hydrogen (secondary N) is 2. The van der Waals surface area contributed by atoms with E-state index < -0.39 is 0 Å². The minimum absolute atomic E-state index is 0.200.